The highest BCUT2D eigenvalue weighted by atomic mass is 32.2. The van der Waals surface area contributed by atoms with E-state index in [1.165, 1.54) is 5.56 Å². The van der Waals surface area contributed by atoms with Gasteiger partial charge in [0.2, 0.25) is 10.0 Å². The molecule has 0 N–H and O–H groups in total. The van der Waals surface area contributed by atoms with Crippen LogP contribution in [-0.4, -0.2) is 37.8 Å². The fourth-order valence-corrected chi connectivity index (χ4v) is 6.41. The van der Waals surface area contributed by atoms with Crippen LogP contribution in [0, 0.1) is 11.8 Å². The molecule has 2 aromatic carbocycles. The number of amides is 1. The summed E-state index contributed by atoms with van der Waals surface area (Å²) in [5.41, 5.74) is 2.62. The number of anilines is 1. The van der Waals surface area contributed by atoms with E-state index in [4.69, 9.17) is 0 Å². The summed E-state index contributed by atoms with van der Waals surface area (Å²) in [6.07, 6.45) is 1.88. The molecule has 3 atom stereocenters. The SMILES string of the molecule is CC1CC(C)CN(S(=O)(=O)c2ccc(C(=O)N3c4ccccc4CC3C)cc2)C1. The van der Waals surface area contributed by atoms with E-state index in [1.807, 2.05) is 30.0 Å². The minimum absolute atomic E-state index is 0.0830. The maximum Gasteiger partial charge on any atom is 0.258 e. The van der Waals surface area contributed by atoms with Crippen LogP contribution in [0.25, 0.3) is 0 Å². The zero-order valence-corrected chi connectivity index (χ0v) is 18.0. The fourth-order valence-electron chi connectivity index (χ4n) is 4.73. The number of carbonyl (C=O) groups excluding carboxylic acids is 1. The van der Waals surface area contributed by atoms with Gasteiger partial charge in [0.15, 0.2) is 0 Å². The summed E-state index contributed by atoms with van der Waals surface area (Å²) >= 11 is 0. The Morgan fingerprint density at radius 3 is 2.21 bits per heavy atom. The van der Waals surface area contributed by atoms with Crippen LogP contribution in [0.1, 0.15) is 43.1 Å². The molecule has 1 saturated heterocycles. The minimum Gasteiger partial charge on any atom is -0.305 e. The van der Waals surface area contributed by atoms with E-state index in [-0.39, 0.29) is 16.8 Å². The van der Waals surface area contributed by atoms with E-state index in [0.29, 0.717) is 30.5 Å². The van der Waals surface area contributed by atoms with Gasteiger partial charge in [-0.25, -0.2) is 8.42 Å². The molecule has 0 bridgehead atoms. The van der Waals surface area contributed by atoms with Gasteiger partial charge in [0, 0.05) is 30.4 Å². The first-order valence-electron chi connectivity index (χ1n) is 10.3. The van der Waals surface area contributed by atoms with E-state index in [9.17, 15) is 13.2 Å². The first kappa shape index (κ1) is 20.1. The largest absolute Gasteiger partial charge is 0.305 e. The van der Waals surface area contributed by atoms with Crippen LogP contribution in [0.15, 0.2) is 53.4 Å². The number of carbonyl (C=O) groups is 1. The molecule has 0 saturated carbocycles. The van der Waals surface area contributed by atoms with Crippen molar-refractivity contribution >= 4 is 21.6 Å². The average molecular weight is 413 g/mol. The van der Waals surface area contributed by atoms with Crippen molar-refractivity contribution in [2.75, 3.05) is 18.0 Å². The van der Waals surface area contributed by atoms with E-state index < -0.39 is 10.0 Å². The van der Waals surface area contributed by atoms with Gasteiger partial charge in [-0.15, -0.1) is 0 Å². The number of hydrogen-bond donors (Lipinski definition) is 0. The molecule has 0 spiro atoms. The molecule has 0 aliphatic carbocycles. The zero-order chi connectivity index (χ0) is 20.8. The van der Waals surface area contributed by atoms with Crippen molar-refractivity contribution in [2.24, 2.45) is 11.8 Å². The van der Waals surface area contributed by atoms with Gasteiger partial charge in [0.1, 0.15) is 0 Å². The average Bonchev–Trinajstić information content (AvgIpc) is 3.02. The number of fused-ring (bicyclic) bond motifs is 1. The quantitative estimate of drug-likeness (QED) is 0.767. The Morgan fingerprint density at radius 1 is 0.931 bits per heavy atom. The van der Waals surface area contributed by atoms with Crippen LogP contribution in [-0.2, 0) is 16.4 Å². The summed E-state index contributed by atoms with van der Waals surface area (Å²) in [5, 5.41) is 0. The number of hydrogen-bond acceptors (Lipinski definition) is 3. The standard InChI is InChI=1S/C23H28N2O3S/c1-16-12-17(2)15-24(14-16)29(27,28)21-10-8-19(9-11-21)23(26)25-18(3)13-20-6-4-5-7-22(20)25/h4-11,16-18H,12-15H2,1-3H3. The summed E-state index contributed by atoms with van der Waals surface area (Å²) in [5.74, 6) is 0.615. The Kier molecular flexibility index (Phi) is 5.25. The van der Waals surface area contributed by atoms with Crippen LogP contribution in [0.2, 0.25) is 0 Å². The van der Waals surface area contributed by atoms with Crippen LogP contribution in [0.5, 0.6) is 0 Å². The number of nitrogens with zero attached hydrogens (tertiary/aromatic N) is 2. The highest BCUT2D eigenvalue weighted by Gasteiger charge is 2.33. The molecule has 2 aliphatic rings. The Labute approximate surface area is 173 Å². The number of sulfonamides is 1. The maximum absolute atomic E-state index is 13.1. The van der Waals surface area contributed by atoms with Crippen LogP contribution in [0.3, 0.4) is 0 Å². The maximum atomic E-state index is 13.1. The van der Waals surface area contributed by atoms with Gasteiger partial charge in [-0.05, 0) is 67.5 Å². The number of rotatable bonds is 3. The molecular formula is C23H28N2O3S. The monoisotopic (exact) mass is 412 g/mol. The van der Waals surface area contributed by atoms with Gasteiger partial charge >= 0.3 is 0 Å². The zero-order valence-electron chi connectivity index (χ0n) is 17.2. The molecule has 1 fully saturated rings. The molecular weight excluding hydrogens is 384 g/mol. The molecule has 2 aromatic rings. The molecule has 6 heteroatoms. The second-order valence-corrected chi connectivity index (χ2v) is 10.6. The summed E-state index contributed by atoms with van der Waals surface area (Å²) in [7, 11) is -3.54. The minimum atomic E-state index is -3.54. The fraction of sp³-hybridized carbons (Fsp3) is 0.435. The molecule has 1 amide bonds. The Morgan fingerprint density at radius 2 is 1.55 bits per heavy atom. The second kappa shape index (κ2) is 7.58. The Bertz CT molecular complexity index is 1010. The Balaban J connectivity index is 1.57. The third-order valence-corrected chi connectivity index (χ3v) is 7.85. The molecule has 4 rings (SSSR count). The first-order valence-corrected chi connectivity index (χ1v) is 11.7. The van der Waals surface area contributed by atoms with Gasteiger partial charge in [0.05, 0.1) is 4.90 Å². The number of piperidine rings is 1. The Hall–Kier alpha value is -2.18. The molecule has 2 heterocycles. The van der Waals surface area contributed by atoms with Crippen molar-refractivity contribution in [1.29, 1.82) is 0 Å². The van der Waals surface area contributed by atoms with E-state index in [1.54, 1.807) is 28.6 Å². The second-order valence-electron chi connectivity index (χ2n) is 8.65. The van der Waals surface area contributed by atoms with E-state index >= 15 is 0 Å². The van der Waals surface area contributed by atoms with Crippen molar-refractivity contribution < 1.29 is 13.2 Å². The first-order chi connectivity index (χ1) is 13.8. The molecule has 0 aromatic heterocycles. The third kappa shape index (κ3) is 3.71. The van der Waals surface area contributed by atoms with Gasteiger partial charge in [-0.3, -0.25) is 4.79 Å². The molecule has 29 heavy (non-hydrogen) atoms. The highest BCUT2D eigenvalue weighted by Crippen LogP contribution is 2.33. The highest BCUT2D eigenvalue weighted by molar-refractivity contribution is 7.89. The third-order valence-electron chi connectivity index (χ3n) is 6.00. The van der Waals surface area contributed by atoms with Gasteiger partial charge < -0.3 is 4.90 Å². The predicted octanol–water partition coefficient (Wildman–Crippen LogP) is 3.94. The van der Waals surface area contributed by atoms with Crippen molar-refractivity contribution in [3.8, 4) is 0 Å². The lowest BCUT2D eigenvalue weighted by Crippen LogP contribution is -2.42. The van der Waals surface area contributed by atoms with E-state index in [0.717, 1.165) is 18.5 Å². The van der Waals surface area contributed by atoms with Crippen molar-refractivity contribution in [1.82, 2.24) is 4.31 Å². The van der Waals surface area contributed by atoms with Gasteiger partial charge in [-0.2, -0.15) is 4.31 Å². The topological polar surface area (TPSA) is 57.7 Å². The lowest BCUT2D eigenvalue weighted by Gasteiger charge is -2.34. The van der Waals surface area contributed by atoms with Gasteiger partial charge in [0.25, 0.3) is 5.91 Å². The summed E-state index contributed by atoms with van der Waals surface area (Å²) in [6, 6.07) is 14.4. The molecule has 0 radical (unpaired) electrons. The normalized spacial score (nSPS) is 25.1. The van der Waals surface area contributed by atoms with Crippen molar-refractivity contribution in [2.45, 2.75) is 44.6 Å². The number of benzene rings is 2. The van der Waals surface area contributed by atoms with Crippen molar-refractivity contribution in [3.63, 3.8) is 0 Å². The lowest BCUT2D eigenvalue weighted by atomic mass is 9.94. The lowest BCUT2D eigenvalue weighted by molar-refractivity contribution is 0.0981. The summed E-state index contributed by atoms with van der Waals surface area (Å²) in [4.78, 5) is 15.2. The molecule has 154 valence electrons. The van der Waals surface area contributed by atoms with E-state index in [2.05, 4.69) is 19.9 Å². The number of para-hydroxylation sites is 1. The van der Waals surface area contributed by atoms with Crippen LogP contribution in [0.4, 0.5) is 5.69 Å². The molecule has 3 unspecified atom stereocenters. The molecule has 5 nitrogen and oxygen atoms in total. The van der Waals surface area contributed by atoms with Crippen LogP contribution < -0.4 is 4.90 Å². The smallest absolute Gasteiger partial charge is 0.258 e. The summed E-state index contributed by atoms with van der Waals surface area (Å²) in [6.45, 7) is 7.32. The molecule has 2 aliphatic heterocycles. The van der Waals surface area contributed by atoms with Crippen LogP contribution >= 0.6 is 0 Å². The van der Waals surface area contributed by atoms with Crippen molar-refractivity contribution in [3.05, 3.63) is 59.7 Å². The predicted molar refractivity (Wildman–Crippen MR) is 115 cm³/mol. The van der Waals surface area contributed by atoms with Gasteiger partial charge in [-0.1, -0.05) is 32.0 Å². The summed E-state index contributed by atoms with van der Waals surface area (Å²) < 4.78 is 27.7.